The van der Waals surface area contributed by atoms with E-state index in [-0.39, 0.29) is 48.3 Å². The van der Waals surface area contributed by atoms with Crippen molar-refractivity contribution < 1.29 is 19.4 Å². The van der Waals surface area contributed by atoms with Crippen molar-refractivity contribution in [2.24, 2.45) is 17.8 Å². The highest BCUT2D eigenvalue weighted by Crippen LogP contribution is 2.32. The van der Waals surface area contributed by atoms with E-state index in [1.807, 2.05) is 20.9 Å². The molecule has 2 heterocycles. The zero-order valence-electron chi connectivity index (χ0n) is 19.9. The number of likely N-dealkylation sites (N-methyl/N-ethyl adjacent to an activating group) is 1. The molecule has 0 bridgehead atoms. The first kappa shape index (κ1) is 23.6. The molecule has 0 spiro atoms. The first-order chi connectivity index (χ1) is 15.9. The Bertz CT molecular complexity index is 943. The van der Waals surface area contributed by atoms with Crippen LogP contribution in [0.3, 0.4) is 0 Å². The molecule has 4 rings (SSSR count). The van der Waals surface area contributed by atoms with Crippen LogP contribution in [0.4, 0.5) is 0 Å². The summed E-state index contributed by atoms with van der Waals surface area (Å²) in [4.78, 5) is 33.9. The molecule has 0 saturated heterocycles. The van der Waals surface area contributed by atoms with Gasteiger partial charge < -0.3 is 19.6 Å². The Labute approximate surface area is 196 Å². The van der Waals surface area contributed by atoms with Crippen molar-refractivity contribution in [2.75, 3.05) is 26.7 Å². The van der Waals surface area contributed by atoms with Crippen LogP contribution in [0.2, 0.25) is 0 Å². The molecular weight excluding hydrogens is 418 g/mol. The number of aliphatic hydroxyl groups excluding tert-OH is 1. The van der Waals surface area contributed by atoms with E-state index in [9.17, 15) is 14.7 Å². The van der Waals surface area contributed by atoms with Gasteiger partial charge >= 0.3 is 0 Å². The molecule has 2 amide bonds. The van der Waals surface area contributed by atoms with Gasteiger partial charge in [0, 0.05) is 43.1 Å². The van der Waals surface area contributed by atoms with Crippen molar-refractivity contribution in [1.82, 2.24) is 14.8 Å². The molecule has 0 unspecified atom stereocenters. The summed E-state index contributed by atoms with van der Waals surface area (Å²) < 4.78 is 6.27. The fraction of sp³-hybridized carbons (Fsp3) is 0.654. The van der Waals surface area contributed by atoms with Gasteiger partial charge in [-0.05, 0) is 38.7 Å². The molecule has 3 atom stereocenters. The number of fused-ring (bicyclic) bond motifs is 1. The van der Waals surface area contributed by atoms with Crippen molar-refractivity contribution in [2.45, 2.75) is 64.5 Å². The van der Waals surface area contributed by atoms with Crippen LogP contribution < -0.4 is 4.74 Å². The van der Waals surface area contributed by atoms with E-state index in [2.05, 4.69) is 16.8 Å². The second-order valence-corrected chi connectivity index (χ2v) is 9.94. The molecule has 1 N–H and O–H groups in total. The van der Waals surface area contributed by atoms with Crippen LogP contribution in [0.1, 0.15) is 68.3 Å². The summed E-state index contributed by atoms with van der Waals surface area (Å²) in [5, 5.41) is 9.80. The number of carbonyl (C=O) groups is 2. The Morgan fingerprint density at radius 1 is 1.33 bits per heavy atom. The summed E-state index contributed by atoms with van der Waals surface area (Å²) in [6.07, 6.45) is 7.95. The molecule has 2 fully saturated rings. The predicted octanol–water partition coefficient (Wildman–Crippen LogP) is 2.71. The van der Waals surface area contributed by atoms with E-state index in [0.717, 1.165) is 25.7 Å². The number of pyridine rings is 1. The highest BCUT2D eigenvalue weighted by Gasteiger charge is 2.37. The Kier molecular flexibility index (Phi) is 7.23. The first-order valence-electron chi connectivity index (χ1n) is 12.2. The zero-order valence-corrected chi connectivity index (χ0v) is 19.9. The Hall–Kier alpha value is -2.59. The number of ether oxygens (including phenoxy) is 1. The number of rotatable bonds is 5. The topological polar surface area (TPSA) is 83.0 Å². The average Bonchev–Trinajstić information content (AvgIpc) is 3.54. The van der Waals surface area contributed by atoms with Crippen LogP contribution in [0.25, 0.3) is 0 Å². The lowest BCUT2D eigenvalue weighted by Crippen LogP contribution is -2.50. The van der Waals surface area contributed by atoms with Gasteiger partial charge in [0.15, 0.2) is 0 Å². The molecule has 7 heteroatoms. The van der Waals surface area contributed by atoms with Gasteiger partial charge in [-0.2, -0.15) is 0 Å². The third-order valence-corrected chi connectivity index (χ3v) is 7.05. The molecule has 1 aromatic heterocycles. The van der Waals surface area contributed by atoms with Gasteiger partial charge in [0.05, 0.1) is 19.2 Å². The summed E-state index contributed by atoms with van der Waals surface area (Å²) >= 11 is 0. The normalized spacial score (nSPS) is 24.1. The van der Waals surface area contributed by atoms with Gasteiger partial charge in [-0.25, -0.2) is 4.98 Å². The second kappa shape index (κ2) is 10.1. The molecule has 2 aliphatic carbocycles. The molecule has 0 aromatic carbocycles. The third-order valence-electron chi connectivity index (χ3n) is 7.05. The van der Waals surface area contributed by atoms with E-state index in [0.29, 0.717) is 30.1 Å². The number of amides is 2. The van der Waals surface area contributed by atoms with Crippen molar-refractivity contribution in [3.8, 4) is 17.7 Å². The van der Waals surface area contributed by atoms with Crippen LogP contribution in [0.5, 0.6) is 5.88 Å². The van der Waals surface area contributed by atoms with Crippen LogP contribution in [-0.4, -0.2) is 70.6 Å². The molecule has 0 radical (unpaired) electrons. The van der Waals surface area contributed by atoms with E-state index >= 15 is 0 Å². The summed E-state index contributed by atoms with van der Waals surface area (Å²) in [6.45, 7) is 4.57. The van der Waals surface area contributed by atoms with E-state index in [4.69, 9.17) is 4.74 Å². The van der Waals surface area contributed by atoms with Crippen LogP contribution >= 0.6 is 0 Å². The largest absolute Gasteiger partial charge is 0.472 e. The molecular formula is C26H35N3O4. The van der Waals surface area contributed by atoms with E-state index in [1.165, 1.54) is 12.8 Å². The summed E-state index contributed by atoms with van der Waals surface area (Å²) in [7, 11) is 1.81. The van der Waals surface area contributed by atoms with Gasteiger partial charge in [-0.1, -0.05) is 31.6 Å². The lowest BCUT2D eigenvalue weighted by molar-refractivity contribution is -0.132. The minimum absolute atomic E-state index is 0.0470. The lowest BCUT2D eigenvalue weighted by Gasteiger charge is -2.37. The van der Waals surface area contributed by atoms with Gasteiger partial charge in [0.2, 0.25) is 11.8 Å². The van der Waals surface area contributed by atoms with Gasteiger partial charge in [0.1, 0.15) is 11.7 Å². The monoisotopic (exact) mass is 453 g/mol. The summed E-state index contributed by atoms with van der Waals surface area (Å²) in [5.41, 5.74) is 1.06. The Morgan fingerprint density at radius 3 is 2.73 bits per heavy atom. The number of aromatic nitrogens is 1. The fourth-order valence-corrected chi connectivity index (χ4v) is 4.65. The average molecular weight is 454 g/mol. The van der Waals surface area contributed by atoms with Crippen molar-refractivity contribution in [3.63, 3.8) is 0 Å². The van der Waals surface area contributed by atoms with Crippen LogP contribution in [0.15, 0.2) is 12.3 Å². The van der Waals surface area contributed by atoms with Crippen molar-refractivity contribution in [3.05, 3.63) is 23.4 Å². The van der Waals surface area contributed by atoms with E-state index in [1.54, 1.807) is 22.1 Å². The highest BCUT2D eigenvalue weighted by atomic mass is 16.5. The smallest absolute Gasteiger partial charge is 0.259 e. The predicted molar refractivity (Wildman–Crippen MR) is 125 cm³/mol. The summed E-state index contributed by atoms with van der Waals surface area (Å²) in [5.74, 6) is 7.23. The maximum absolute atomic E-state index is 13.5. The van der Waals surface area contributed by atoms with Gasteiger partial charge in [-0.15, -0.1) is 0 Å². The SMILES string of the molecule is C[C@@H]1CN([C@@H](C)CO)C(=O)c2cc(C#CC3CCCC3)cnc2O[C@@H]1CN(C)C(=O)C1CC1. The number of carbonyl (C=O) groups excluding carboxylic acids is 2. The van der Waals surface area contributed by atoms with Gasteiger partial charge in [0.25, 0.3) is 5.91 Å². The standard InChI is InChI=1S/C26H35N3O4/c1-17-14-29(18(2)16-30)26(32)22-12-20(9-8-19-6-4-5-7-19)13-27-24(22)33-23(17)15-28(3)25(31)21-10-11-21/h12-13,17-19,21,23,30H,4-7,10-11,14-16H2,1-3H3/t17-,18+,23-/m1/s1. The van der Waals surface area contributed by atoms with Gasteiger partial charge in [-0.3, -0.25) is 9.59 Å². The molecule has 7 nitrogen and oxygen atoms in total. The fourth-order valence-electron chi connectivity index (χ4n) is 4.65. The third kappa shape index (κ3) is 5.50. The lowest BCUT2D eigenvalue weighted by atomic mass is 9.99. The second-order valence-electron chi connectivity index (χ2n) is 9.94. The van der Waals surface area contributed by atoms with Crippen LogP contribution in [0, 0.1) is 29.6 Å². The molecule has 33 heavy (non-hydrogen) atoms. The molecule has 1 aromatic rings. The van der Waals surface area contributed by atoms with E-state index < -0.39 is 0 Å². The van der Waals surface area contributed by atoms with Crippen molar-refractivity contribution >= 4 is 11.8 Å². The molecule has 2 saturated carbocycles. The van der Waals surface area contributed by atoms with Crippen LogP contribution in [-0.2, 0) is 4.79 Å². The molecule has 178 valence electrons. The Balaban J connectivity index is 1.62. The minimum Gasteiger partial charge on any atom is -0.472 e. The highest BCUT2D eigenvalue weighted by molar-refractivity contribution is 5.97. The maximum atomic E-state index is 13.5. The number of hydrogen-bond donors (Lipinski definition) is 1. The number of aliphatic hydroxyl groups is 1. The Morgan fingerprint density at radius 2 is 2.06 bits per heavy atom. The first-order valence-corrected chi connectivity index (χ1v) is 12.2. The summed E-state index contributed by atoms with van der Waals surface area (Å²) in [6, 6.07) is 1.42. The number of nitrogens with zero attached hydrogens (tertiary/aromatic N) is 3. The maximum Gasteiger partial charge on any atom is 0.259 e. The molecule has 3 aliphatic rings. The molecule has 1 aliphatic heterocycles. The minimum atomic E-state index is -0.342. The number of hydrogen-bond acceptors (Lipinski definition) is 5. The quantitative estimate of drug-likeness (QED) is 0.693. The van der Waals surface area contributed by atoms with Crippen molar-refractivity contribution in [1.29, 1.82) is 0 Å². The zero-order chi connectivity index (χ0) is 23.5.